The molecule has 17 heavy (non-hydrogen) atoms. The number of nitrogens with zero attached hydrogens (tertiary/aromatic N) is 1. The molecule has 0 aliphatic rings. The summed E-state index contributed by atoms with van der Waals surface area (Å²) in [5, 5.41) is 3.54. The van der Waals surface area contributed by atoms with Crippen molar-refractivity contribution in [2.75, 3.05) is 0 Å². The SMILES string of the molecule is CCn1ccc(CNC(C)c2ccccc2)c1. The van der Waals surface area contributed by atoms with Crippen molar-refractivity contribution in [1.29, 1.82) is 0 Å². The largest absolute Gasteiger partial charge is 0.354 e. The fourth-order valence-corrected chi connectivity index (χ4v) is 1.92. The normalized spacial score (nSPS) is 12.6. The Morgan fingerprint density at radius 2 is 1.94 bits per heavy atom. The van der Waals surface area contributed by atoms with Gasteiger partial charge in [0.1, 0.15) is 0 Å². The molecule has 1 heterocycles. The van der Waals surface area contributed by atoms with Gasteiger partial charge in [0.25, 0.3) is 0 Å². The Bertz CT molecular complexity index is 445. The van der Waals surface area contributed by atoms with E-state index in [-0.39, 0.29) is 0 Å². The summed E-state index contributed by atoms with van der Waals surface area (Å²) in [5.41, 5.74) is 2.68. The van der Waals surface area contributed by atoms with E-state index in [0.29, 0.717) is 6.04 Å². The molecule has 0 saturated heterocycles. The zero-order chi connectivity index (χ0) is 12.1. The average Bonchev–Trinajstić information content (AvgIpc) is 2.85. The van der Waals surface area contributed by atoms with Crippen LogP contribution in [0.3, 0.4) is 0 Å². The summed E-state index contributed by atoms with van der Waals surface area (Å²) >= 11 is 0. The molecule has 0 bridgehead atoms. The van der Waals surface area contributed by atoms with Gasteiger partial charge in [-0.2, -0.15) is 0 Å². The van der Waals surface area contributed by atoms with Crippen LogP contribution in [0.2, 0.25) is 0 Å². The number of aryl methyl sites for hydroxylation is 1. The number of hydrogen-bond acceptors (Lipinski definition) is 1. The maximum atomic E-state index is 3.54. The van der Waals surface area contributed by atoms with Crippen LogP contribution in [0, 0.1) is 0 Å². The van der Waals surface area contributed by atoms with Crippen LogP contribution in [0.25, 0.3) is 0 Å². The van der Waals surface area contributed by atoms with Crippen LogP contribution in [0.5, 0.6) is 0 Å². The van der Waals surface area contributed by atoms with Crippen LogP contribution >= 0.6 is 0 Å². The number of benzene rings is 1. The van der Waals surface area contributed by atoms with Crippen molar-refractivity contribution in [2.45, 2.75) is 33.0 Å². The van der Waals surface area contributed by atoms with Gasteiger partial charge < -0.3 is 9.88 Å². The van der Waals surface area contributed by atoms with Gasteiger partial charge >= 0.3 is 0 Å². The minimum Gasteiger partial charge on any atom is -0.354 e. The molecule has 90 valence electrons. The van der Waals surface area contributed by atoms with Crippen molar-refractivity contribution in [3.63, 3.8) is 0 Å². The van der Waals surface area contributed by atoms with E-state index in [1.165, 1.54) is 11.1 Å². The third-order valence-corrected chi connectivity index (χ3v) is 3.09. The van der Waals surface area contributed by atoms with Gasteiger partial charge in [0.15, 0.2) is 0 Å². The lowest BCUT2D eigenvalue weighted by molar-refractivity contribution is 0.574. The van der Waals surface area contributed by atoms with E-state index in [1.807, 2.05) is 0 Å². The monoisotopic (exact) mass is 228 g/mol. The van der Waals surface area contributed by atoms with Crippen LogP contribution in [0.15, 0.2) is 48.8 Å². The van der Waals surface area contributed by atoms with Crippen molar-refractivity contribution >= 4 is 0 Å². The van der Waals surface area contributed by atoms with Gasteiger partial charge in [0.05, 0.1) is 0 Å². The maximum Gasteiger partial charge on any atom is 0.0294 e. The molecule has 0 spiro atoms. The summed E-state index contributed by atoms with van der Waals surface area (Å²) < 4.78 is 2.20. The third-order valence-electron chi connectivity index (χ3n) is 3.09. The van der Waals surface area contributed by atoms with Crippen molar-refractivity contribution in [3.8, 4) is 0 Å². The average molecular weight is 228 g/mol. The fourth-order valence-electron chi connectivity index (χ4n) is 1.92. The van der Waals surface area contributed by atoms with Gasteiger partial charge in [-0.3, -0.25) is 0 Å². The van der Waals surface area contributed by atoms with Crippen molar-refractivity contribution in [1.82, 2.24) is 9.88 Å². The van der Waals surface area contributed by atoms with Crippen molar-refractivity contribution in [2.24, 2.45) is 0 Å². The first-order valence-electron chi connectivity index (χ1n) is 6.22. The van der Waals surface area contributed by atoms with E-state index in [0.717, 1.165) is 13.1 Å². The molecule has 2 rings (SSSR count). The van der Waals surface area contributed by atoms with Crippen molar-refractivity contribution in [3.05, 3.63) is 59.9 Å². The number of aromatic nitrogens is 1. The molecule has 0 fully saturated rings. The van der Waals surface area contributed by atoms with Crippen molar-refractivity contribution < 1.29 is 0 Å². The molecule has 1 aromatic carbocycles. The van der Waals surface area contributed by atoms with Gasteiger partial charge in [-0.25, -0.2) is 0 Å². The number of nitrogens with one attached hydrogen (secondary N) is 1. The second kappa shape index (κ2) is 5.69. The first-order chi connectivity index (χ1) is 8.29. The topological polar surface area (TPSA) is 17.0 Å². The minimum absolute atomic E-state index is 0.390. The highest BCUT2D eigenvalue weighted by Gasteiger charge is 2.04. The van der Waals surface area contributed by atoms with Gasteiger partial charge in [-0.05, 0) is 31.0 Å². The van der Waals surface area contributed by atoms with Crippen LogP contribution in [-0.2, 0) is 13.1 Å². The second-order valence-electron chi connectivity index (χ2n) is 4.36. The Morgan fingerprint density at radius 3 is 2.59 bits per heavy atom. The van der Waals surface area contributed by atoms with Crippen LogP contribution in [-0.4, -0.2) is 4.57 Å². The third kappa shape index (κ3) is 3.21. The Labute approximate surface area is 103 Å². The molecule has 0 aliphatic heterocycles. The van der Waals surface area contributed by atoms with Crippen LogP contribution in [0.4, 0.5) is 0 Å². The standard InChI is InChI=1S/C15H20N2/c1-3-17-10-9-14(12-17)11-16-13(2)15-7-5-4-6-8-15/h4-10,12-13,16H,3,11H2,1-2H3. The number of rotatable bonds is 5. The highest BCUT2D eigenvalue weighted by atomic mass is 14.9. The quantitative estimate of drug-likeness (QED) is 0.830. The summed E-state index contributed by atoms with van der Waals surface area (Å²) in [5.74, 6) is 0. The van der Waals surface area contributed by atoms with Crippen LogP contribution < -0.4 is 5.32 Å². The molecular weight excluding hydrogens is 208 g/mol. The molecule has 2 nitrogen and oxygen atoms in total. The van der Waals surface area contributed by atoms with Gasteiger partial charge in [0, 0.05) is 31.5 Å². The summed E-state index contributed by atoms with van der Waals surface area (Å²) in [4.78, 5) is 0. The maximum absolute atomic E-state index is 3.54. The molecule has 0 amide bonds. The van der Waals surface area contributed by atoms with Gasteiger partial charge in [-0.1, -0.05) is 30.3 Å². The zero-order valence-corrected chi connectivity index (χ0v) is 10.6. The molecule has 0 radical (unpaired) electrons. The van der Waals surface area contributed by atoms with E-state index >= 15 is 0 Å². The first kappa shape index (κ1) is 11.9. The highest BCUT2D eigenvalue weighted by Crippen LogP contribution is 2.12. The Hall–Kier alpha value is -1.54. The lowest BCUT2D eigenvalue weighted by Crippen LogP contribution is -2.17. The molecule has 1 aromatic heterocycles. The lowest BCUT2D eigenvalue weighted by Gasteiger charge is -2.13. The van der Waals surface area contributed by atoms with Gasteiger partial charge in [-0.15, -0.1) is 0 Å². The van der Waals surface area contributed by atoms with E-state index in [1.54, 1.807) is 0 Å². The zero-order valence-electron chi connectivity index (χ0n) is 10.6. The molecule has 0 aliphatic carbocycles. The Morgan fingerprint density at radius 1 is 1.18 bits per heavy atom. The molecular formula is C15H20N2. The fraction of sp³-hybridized carbons (Fsp3) is 0.333. The molecule has 2 aromatic rings. The molecule has 0 saturated carbocycles. The van der Waals surface area contributed by atoms with Gasteiger partial charge in [0.2, 0.25) is 0 Å². The molecule has 1 atom stereocenters. The predicted octanol–water partition coefficient (Wildman–Crippen LogP) is 3.36. The predicted molar refractivity (Wildman–Crippen MR) is 71.8 cm³/mol. The summed E-state index contributed by atoms with van der Waals surface area (Å²) in [6.45, 7) is 6.31. The molecule has 1 N–H and O–H groups in total. The van der Waals surface area contributed by atoms with Crippen LogP contribution in [0.1, 0.15) is 31.0 Å². The van der Waals surface area contributed by atoms with E-state index in [9.17, 15) is 0 Å². The molecule has 1 unspecified atom stereocenters. The van der Waals surface area contributed by atoms with E-state index in [4.69, 9.17) is 0 Å². The summed E-state index contributed by atoms with van der Waals surface area (Å²) in [7, 11) is 0. The summed E-state index contributed by atoms with van der Waals surface area (Å²) in [6, 6.07) is 13.1. The lowest BCUT2D eigenvalue weighted by atomic mass is 10.1. The molecule has 2 heteroatoms. The smallest absolute Gasteiger partial charge is 0.0294 e. The number of hydrogen-bond donors (Lipinski definition) is 1. The minimum atomic E-state index is 0.390. The van der Waals surface area contributed by atoms with E-state index in [2.05, 4.69) is 72.5 Å². The highest BCUT2D eigenvalue weighted by molar-refractivity contribution is 5.18. The Balaban J connectivity index is 1.90. The Kier molecular flexibility index (Phi) is 3.99. The van der Waals surface area contributed by atoms with E-state index < -0.39 is 0 Å². The summed E-state index contributed by atoms with van der Waals surface area (Å²) in [6.07, 6.45) is 4.33. The second-order valence-corrected chi connectivity index (χ2v) is 4.36. The first-order valence-corrected chi connectivity index (χ1v) is 6.22.